The smallest absolute Gasteiger partial charge is 0.387 e. The van der Waals surface area contributed by atoms with Crippen molar-refractivity contribution in [2.24, 2.45) is 4.99 Å². The second-order valence-corrected chi connectivity index (χ2v) is 6.08. The highest BCUT2D eigenvalue weighted by atomic mass is 127. The Balaban J connectivity index is 0.00000392. The van der Waals surface area contributed by atoms with Crippen LogP contribution in [0.2, 0.25) is 5.02 Å². The van der Waals surface area contributed by atoms with E-state index in [9.17, 15) is 8.78 Å². The molecule has 0 radical (unpaired) electrons. The van der Waals surface area contributed by atoms with E-state index in [1.807, 2.05) is 13.8 Å². The van der Waals surface area contributed by atoms with Gasteiger partial charge >= 0.3 is 6.61 Å². The molecule has 0 amide bonds. The summed E-state index contributed by atoms with van der Waals surface area (Å²) in [6, 6.07) is 4.49. The van der Waals surface area contributed by atoms with E-state index in [1.54, 1.807) is 13.1 Å². The van der Waals surface area contributed by atoms with E-state index >= 15 is 0 Å². The summed E-state index contributed by atoms with van der Waals surface area (Å²) in [4.78, 5) is 4.15. The van der Waals surface area contributed by atoms with Crippen molar-refractivity contribution in [2.45, 2.75) is 46.4 Å². The number of aliphatic imine (C=N–C) groups is 1. The van der Waals surface area contributed by atoms with Gasteiger partial charge in [0.15, 0.2) is 5.96 Å². The number of ether oxygens (including phenoxy) is 1. The molecule has 1 heterocycles. The Morgan fingerprint density at radius 1 is 1.25 bits per heavy atom. The molecule has 0 saturated carbocycles. The first-order chi connectivity index (χ1) is 13.0. The van der Waals surface area contributed by atoms with Gasteiger partial charge in [0, 0.05) is 42.7 Å². The maximum Gasteiger partial charge on any atom is 0.387 e. The summed E-state index contributed by atoms with van der Waals surface area (Å²) in [5.41, 5.74) is 2.41. The predicted octanol–water partition coefficient (Wildman–Crippen LogP) is 4.54. The summed E-state index contributed by atoms with van der Waals surface area (Å²) in [7, 11) is 1.62. The SMILES string of the molecule is CCc1noc(CC)c1CNC(=NC)NCc1cc(Cl)ccc1OC(F)F.I. The van der Waals surface area contributed by atoms with Crippen molar-refractivity contribution in [3.63, 3.8) is 0 Å². The number of aryl methyl sites for hydroxylation is 2. The highest BCUT2D eigenvalue weighted by Gasteiger charge is 2.14. The Hall–Kier alpha value is -1.62. The lowest BCUT2D eigenvalue weighted by Crippen LogP contribution is -2.36. The van der Waals surface area contributed by atoms with Crippen molar-refractivity contribution in [3.05, 3.63) is 45.8 Å². The summed E-state index contributed by atoms with van der Waals surface area (Å²) >= 11 is 5.96. The van der Waals surface area contributed by atoms with Gasteiger partial charge in [-0.1, -0.05) is 30.6 Å². The maximum absolute atomic E-state index is 12.6. The number of aromatic nitrogens is 1. The van der Waals surface area contributed by atoms with Crippen LogP contribution in [0.5, 0.6) is 5.75 Å². The molecule has 0 unspecified atom stereocenters. The molecule has 0 atom stereocenters. The second kappa shape index (κ2) is 12.1. The van der Waals surface area contributed by atoms with Crippen molar-refractivity contribution in [1.82, 2.24) is 15.8 Å². The topological polar surface area (TPSA) is 71.7 Å². The number of rotatable bonds is 8. The monoisotopic (exact) mass is 528 g/mol. The van der Waals surface area contributed by atoms with Crippen molar-refractivity contribution in [2.75, 3.05) is 7.05 Å². The van der Waals surface area contributed by atoms with E-state index in [1.165, 1.54) is 12.1 Å². The molecule has 10 heteroatoms. The number of guanidine groups is 1. The first-order valence-corrected chi connectivity index (χ1v) is 9.00. The van der Waals surface area contributed by atoms with Crippen LogP contribution in [0.15, 0.2) is 27.7 Å². The summed E-state index contributed by atoms with van der Waals surface area (Å²) in [5.74, 6) is 1.40. The number of benzene rings is 1. The normalized spacial score (nSPS) is 11.3. The molecule has 2 N–H and O–H groups in total. The molecule has 0 aliphatic heterocycles. The van der Waals surface area contributed by atoms with Gasteiger partial charge < -0.3 is 19.9 Å². The molecule has 6 nitrogen and oxygen atoms in total. The third-order valence-electron chi connectivity index (χ3n) is 3.95. The number of nitrogens with zero attached hydrogens (tertiary/aromatic N) is 2. The summed E-state index contributed by atoms with van der Waals surface area (Å²) in [6.07, 6.45) is 1.51. The van der Waals surface area contributed by atoms with Gasteiger partial charge in [-0.05, 0) is 24.6 Å². The van der Waals surface area contributed by atoms with E-state index < -0.39 is 6.61 Å². The zero-order valence-electron chi connectivity index (χ0n) is 15.9. The molecular formula is C18H24ClF2IN4O2. The molecule has 0 bridgehead atoms. The van der Waals surface area contributed by atoms with E-state index in [2.05, 4.69) is 25.5 Å². The van der Waals surface area contributed by atoms with Crippen molar-refractivity contribution in [3.8, 4) is 5.75 Å². The number of nitrogens with one attached hydrogen (secondary N) is 2. The lowest BCUT2D eigenvalue weighted by molar-refractivity contribution is -0.0504. The fraction of sp³-hybridized carbons (Fsp3) is 0.444. The second-order valence-electron chi connectivity index (χ2n) is 5.65. The average Bonchev–Trinajstić information content (AvgIpc) is 3.05. The van der Waals surface area contributed by atoms with Crippen LogP contribution >= 0.6 is 35.6 Å². The molecule has 1 aromatic heterocycles. The van der Waals surface area contributed by atoms with E-state index in [0.29, 0.717) is 23.1 Å². The van der Waals surface area contributed by atoms with Gasteiger partial charge in [0.05, 0.1) is 5.69 Å². The predicted molar refractivity (Wildman–Crippen MR) is 116 cm³/mol. The third-order valence-corrected chi connectivity index (χ3v) is 4.18. The van der Waals surface area contributed by atoms with Crippen molar-refractivity contribution >= 4 is 41.5 Å². The molecule has 2 aromatic rings. The molecule has 0 saturated heterocycles. The van der Waals surface area contributed by atoms with Gasteiger partial charge in [0.1, 0.15) is 11.5 Å². The minimum Gasteiger partial charge on any atom is -0.434 e. The van der Waals surface area contributed by atoms with Gasteiger partial charge in [-0.25, -0.2) is 0 Å². The lowest BCUT2D eigenvalue weighted by Gasteiger charge is -2.15. The lowest BCUT2D eigenvalue weighted by atomic mass is 10.1. The fourth-order valence-electron chi connectivity index (χ4n) is 2.61. The highest BCUT2D eigenvalue weighted by Crippen LogP contribution is 2.24. The highest BCUT2D eigenvalue weighted by molar-refractivity contribution is 14.0. The molecule has 156 valence electrons. The van der Waals surface area contributed by atoms with Gasteiger partial charge in [-0.15, -0.1) is 24.0 Å². The maximum atomic E-state index is 12.6. The van der Waals surface area contributed by atoms with Gasteiger partial charge in [0.2, 0.25) is 0 Å². The van der Waals surface area contributed by atoms with Crippen molar-refractivity contribution < 1.29 is 18.0 Å². The van der Waals surface area contributed by atoms with Gasteiger partial charge in [-0.2, -0.15) is 8.78 Å². The van der Waals surface area contributed by atoms with Crippen LogP contribution in [-0.4, -0.2) is 24.8 Å². The number of halogens is 4. The van der Waals surface area contributed by atoms with E-state index in [-0.39, 0.29) is 36.3 Å². The van der Waals surface area contributed by atoms with Crippen LogP contribution in [0.3, 0.4) is 0 Å². The Morgan fingerprint density at radius 3 is 2.57 bits per heavy atom. The minimum atomic E-state index is -2.91. The largest absolute Gasteiger partial charge is 0.434 e. The molecule has 1 aromatic carbocycles. The Labute approximate surface area is 185 Å². The quantitative estimate of drug-likeness (QED) is 0.299. The van der Waals surface area contributed by atoms with Crippen LogP contribution in [0.1, 0.15) is 36.4 Å². The average molecular weight is 529 g/mol. The van der Waals surface area contributed by atoms with Crippen LogP contribution in [0.4, 0.5) is 8.78 Å². The van der Waals surface area contributed by atoms with Crippen LogP contribution in [0.25, 0.3) is 0 Å². The molecule has 0 aliphatic rings. The number of hydrogen-bond acceptors (Lipinski definition) is 4. The molecule has 0 fully saturated rings. The van der Waals surface area contributed by atoms with E-state index in [0.717, 1.165) is 29.9 Å². The van der Waals surface area contributed by atoms with Crippen LogP contribution in [0, 0.1) is 0 Å². The van der Waals surface area contributed by atoms with Crippen molar-refractivity contribution in [1.29, 1.82) is 0 Å². The summed E-state index contributed by atoms with van der Waals surface area (Å²) in [5, 5.41) is 10.8. The molecule has 2 rings (SSSR count). The van der Waals surface area contributed by atoms with Gasteiger partial charge in [-0.3, -0.25) is 4.99 Å². The zero-order chi connectivity index (χ0) is 19.8. The molecular weight excluding hydrogens is 505 g/mol. The minimum absolute atomic E-state index is 0. The standard InChI is InChI=1S/C18H23ClF2N4O2.HI/c1-4-14-13(15(5-2)27-25-14)10-24-18(22-3)23-9-11-8-12(19)6-7-16(11)26-17(20)21;/h6-8,17H,4-5,9-10H2,1-3H3,(H2,22,23,24);1H. The summed E-state index contributed by atoms with van der Waals surface area (Å²) in [6.45, 7) is 1.81. The zero-order valence-corrected chi connectivity index (χ0v) is 19.0. The van der Waals surface area contributed by atoms with Gasteiger partial charge in [0.25, 0.3) is 0 Å². The summed E-state index contributed by atoms with van der Waals surface area (Å²) < 4.78 is 35.0. The number of hydrogen-bond donors (Lipinski definition) is 2. The first kappa shape index (κ1) is 24.4. The molecule has 0 spiro atoms. The van der Waals surface area contributed by atoms with Crippen LogP contribution < -0.4 is 15.4 Å². The molecule has 0 aliphatic carbocycles. The van der Waals surface area contributed by atoms with E-state index in [4.69, 9.17) is 16.1 Å². The third kappa shape index (κ3) is 6.77. The van der Waals surface area contributed by atoms with Crippen LogP contribution in [-0.2, 0) is 25.9 Å². The fourth-order valence-corrected chi connectivity index (χ4v) is 2.80. The Kier molecular flexibility index (Phi) is 10.5. The Morgan fingerprint density at radius 2 is 1.96 bits per heavy atom. The first-order valence-electron chi connectivity index (χ1n) is 8.62. The molecule has 28 heavy (non-hydrogen) atoms. The number of alkyl halides is 2. The Bertz CT molecular complexity index is 765.